The van der Waals surface area contributed by atoms with Gasteiger partial charge in [0.15, 0.2) is 5.82 Å². The molecule has 0 spiro atoms. The molecule has 4 aromatic heterocycles. The average Bonchev–Trinajstić information content (AvgIpc) is 3.97. The number of rotatable bonds is 8. The zero-order chi connectivity index (χ0) is 44.4. The lowest BCUT2D eigenvalue weighted by molar-refractivity contribution is 0.886. The van der Waals surface area contributed by atoms with Gasteiger partial charge in [0.1, 0.15) is 0 Å². The van der Waals surface area contributed by atoms with Crippen molar-refractivity contribution in [3.8, 4) is 67.3 Å². The van der Waals surface area contributed by atoms with E-state index in [1.165, 1.54) is 75.4 Å². The number of allylic oxidation sites excluding steroid dienone is 4. The third-order valence-corrected chi connectivity index (χ3v) is 14.8. The summed E-state index contributed by atoms with van der Waals surface area (Å²) in [7, 11) is 0. The number of thiophene rings is 2. The van der Waals surface area contributed by atoms with E-state index in [0.717, 1.165) is 63.2 Å². The summed E-state index contributed by atoms with van der Waals surface area (Å²) >= 11 is 3.70. The molecule has 1 aliphatic carbocycles. The number of nitrogens with zero attached hydrogens (tertiary/aromatic N) is 3. The SMILES string of the molecule is C1=CC(c2ccc(-c3cc(-c4cc(-c5ccc6sc7ccccc7c6c5)cc(-c5ccc6sc7ccccc7c6c5)c4)nc(-c4ccc(-c5cccnc5)cc4)n3)cc2)=CCC1.CCCC. The highest BCUT2D eigenvalue weighted by molar-refractivity contribution is 7.26. The normalized spacial score (nSPS) is 12.4. The topological polar surface area (TPSA) is 38.7 Å². The second-order valence-electron chi connectivity index (χ2n) is 16.9. The average molecular weight is 886 g/mol. The van der Waals surface area contributed by atoms with E-state index in [1.54, 1.807) is 6.20 Å². The van der Waals surface area contributed by atoms with Crippen molar-refractivity contribution in [1.29, 1.82) is 0 Å². The lowest BCUT2D eigenvalue weighted by Gasteiger charge is -2.14. The molecule has 0 saturated carbocycles. The van der Waals surface area contributed by atoms with Gasteiger partial charge >= 0.3 is 0 Å². The number of fused-ring (bicyclic) bond motifs is 6. The minimum absolute atomic E-state index is 0.682. The molecule has 0 unspecified atom stereocenters. The molecule has 3 nitrogen and oxygen atoms in total. The number of hydrogen-bond donors (Lipinski definition) is 0. The minimum Gasteiger partial charge on any atom is -0.264 e. The Hall–Kier alpha value is -7.31. The van der Waals surface area contributed by atoms with Gasteiger partial charge < -0.3 is 0 Å². The van der Waals surface area contributed by atoms with E-state index in [-0.39, 0.29) is 0 Å². The standard InChI is InChI=1S/C57H37N3S2.C4H10/c1-2-9-36(10-3-1)37-16-20-39(21-17-37)51-34-52(60-57(59-51)40-22-18-38(19-23-40)43-11-8-28-58-35-43)46-30-44(41-24-26-55-49(32-41)47-12-4-6-14-53(47)61-55)29-45(31-46)42-25-27-56-50(33-42)48-13-5-7-15-54(48)62-56;1-3-4-2/h2,4-35H,1,3H2;3-4H2,1-2H3. The molecule has 12 rings (SSSR count). The van der Waals surface area contributed by atoms with E-state index in [1.807, 2.05) is 34.9 Å². The van der Waals surface area contributed by atoms with Crippen molar-refractivity contribution in [3.05, 3.63) is 206 Å². The molecule has 11 aromatic rings. The third-order valence-electron chi connectivity index (χ3n) is 12.5. The van der Waals surface area contributed by atoms with Gasteiger partial charge in [-0.1, -0.05) is 148 Å². The predicted octanol–water partition coefficient (Wildman–Crippen LogP) is 18.1. The van der Waals surface area contributed by atoms with Crippen LogP contribution in [-0.2, 0) is 0 Å². The first-order chi connectivity index (χ1) is 32.6. The van der Waals surface area contributed by atoms with Crippen LogP contribution >= 0.6 is 22.7 Å². The summed E-state index contributed by atoms with van der Waals surface area (Å²) in [5.41, 5.74) is 14.1. The van der Waals surface area contributed by atoms with Crippen LogP contribution in [0, 0.1) is 0 Å². The monoisotopic (exact) mass is 885 g/mol. The van der Waals surface area contributed by atoms with E-state index in [4.69, 9.17) is 9.97 Å². The largest absolute Gasteiger partial charge is 0.264 e. The highest BCUT2D eigenvalue weighted by atomic mass is 32.1. The first-order valence-corrected chi connectivity index (χ1v) is 24.6. The maximum absolute atomic E-state index is 5.39. The Kier molecular flexibility index (Phi) is 11.5. The fourth-order valence-corrected chi connectivity index (χ4v) is 11.0. The molecule has 0 bridgehead atoms. The summed E-state index contributed by atoms with van der Waals surface area (Å²) in [5, 5.41) is 5.15. The van der Waals surface area contributed by atoms with Gasteiger partial charge in [-0.05, 0) is 124 Å². The quantitative estimate of drug-likeness (QED) is 0.153. The third kappa shape index (κ3) is 8.28. The minimum atomic E-state index is 0.682. The zero-order valence-corrected chi connectivity index (χ0v) is 38.7. The molecule has 0 fully saturated rings. The fourth-order valence-electron chi connectivity index (χ4n) is 8.80. The van der Waals surface area contributed by atoms with E-state index in [2.05, 4.69) is 201 Å². The van der Waals surface area contributed by atoms with Crippen LogP contribution in [0.2, 0.25) is 0 Å². The van der Waals surface area contributed by atoms with Crippen LogP contribution < -0.4 is 0 Å². The van der Waals surface area contributed by atoms with Gasteiger partial charge in [-0.2, -0.15) is 0 Å². The Labute approximate surface area is 394 Å². The summed E-state index contributed by atoms with van der Waals surface area (Å²) < 4.78 is 5.20. The Bertz CT molecular complexity index is 3460. The molecule has 0 amide bonds. The van der Waals surface area contributed by atoms with Gasteiger partial charge in [0.2, 0.25) is 0 Å². The van der Waals surface area contributed by atoms with Crippen molar-refractivity contribution in [3.63, 3.8) is 0 Å². The number of benzene rings is 7. The molecule has 318 valence electrons. The molecule has 0 radical (unpaired) electrons. The zero-order valence-electron chi connectivity index (χ0n) is 37.0. The lowest BCUT2D eigenvalue weighted by atomic mass is 9.93. The van der Waals surface area contributed by atoms with Gasteiger partial charge in [-0.3, -0.25) is 4.98 Å². The molecule has 5 heteroatoms. The predicted molar refractivity (Wildman–Crippen MR) is 285 cm³/mol. The smallest absolute Gasteiger partial charge is 0.160 e. The van der Waals surface area contributed by atoms with E-state index in [0.29, 0.717) is 5.82 Å². The molecule has 66 heavy (non-hydrogen) atoms. The van der Waals surface area contributed by atoms with Crippen LogP contribution in [0.25, 0.3) is 113 Å². The Morgan fingerprint density at radius 1 is 0.409 bits per heavy atom. The highest BCUT2D eigenvalue weighted by Crippen LogP contribution is 2.41. The summed E-state index contributed by atoms with van der Waals surface area (Å²) in [4.78, 5) is 15.0. The lowest BCUT2D eigenvalue weighted by Crippen LogP contribution is -1.97. The molecule has 7 aromatic carbocycles. The van der Waals surface area contributed by atoms with E-state index < -0.39 is 0 Å². The van der Waals surface area contributed by atoms with Crippen molar-refractivity contribution in [1.82, 2.24) is 15.0 Å². The van der Waals surface area contributed by atoms with Crippen LogP contribution in [0.15, 0.2) is 200 Å². The number of unbranched alkanes of at least 4 members (excludes halogenated alkanes) is 1. The Morgan fingerprint density at radius 2 is 0.939 bits per heavy atom. The first-order valence-electron chi connectivity index (χ1n) is 22.9. The van der Waals surface area contributed by atoms with Crippen LogP contribution in [0.1, 0.15) is 45.1 Å². The molecular formula is C61H47N3S2. The number of aromatic nitrogens is 3. The second-order valence-corrected chi connectivity index (χ2v) is 19.1. The molecule has 4 heterocycles. The van der Waals surface area contributed by atoms with Crippen LogP contribution in [0.5, 0.6) is 0 Å². The van der Waals surface area contributed by atoms with Crippen molar-refractivity contribution < 1.29 is 0 Å². The summed E-state index contributed by atoms with van der Waals surface area (Å²) in [6, 6.07) is 61.8. The summed E-state index contributed by atoms with van der Waals surface area (Å²) in [6.07, 6.45) is 15.3. The van der Waals surface area contributed by atoms with Crippen molar-refractivity contribution in [2.24, 2.45) is 0 Å². The number of hydrogen-bond acceptors (Lipinski definition) is 5. The summed E-state index contributed by atoms with van der Waals surface area (Å²) in [6.45, 7) is 4.36. The Morgan fingerprint density at radius 3 is 1.52 bits per heavy atom. The van der Waals surface area contributed by atoms with Crippen molar-refractivity contribution in [2.75, 3.05) is 0 Å². The van der Waals surface area contributed by atoms with Gasteiger partial charge in [0.25, 0.3) is 0 Å². The van der Waals surface area contributed by atoms with E-state index in [9.17, 15) is 0 Å². The second kappa shape index (κ2) is 18.3. The maximum Gasteiger partial charge on any atom is 0.160 e. The van der Waals surface area contributed by atoms with E-state index >= 15 is 0 Å². The first kappa shape index (κ1) is 41.4. The highest BCUT2D eigenvalue weighted by Gasteiger charge is 2.16. The fraction of sp³-hybridized carbons (Fsp3) is 0.0984. The molecule has 0 saturated heterocycles. The molecule has 0 N–H and O–H groups in total. The summed E-state index contributed by atoms with van der Waals surface area (Å²) in [5.74, 6) is 0.682. The molecular weight excluding hydrogens is 839 g/mol. The molecule has 0 aliphatic heterocycles. The van der Waals surface area contributed by atoms with Gasteiger partial charge in [0.05, 0.1) is 11.4 Å². The van der Waals surface area contributed by atoms with Crippen molar-refractivity contribution in [2.45, 2.75) is 39.5 Å². The molecule has 0 atom stereocenters. The van der Waals surface area contributed by atoms with Gasteiger partial charge in [-0.15, -0.1) is 22.7 Å². The van der Waals surface area contributed by atoms with Crippen LogP contribution in [0.4, 0.5) is 0 Å². The van der Waals surface area contributed by atoms with Crippen LogP contribution in [-0.4, -0.2) is 15.0 Å². The number of pyridine rings is 1. The molecule has 1 aliphatic rings. The van der Waals surface area contributed by atoms with Gasteiger partial charge in [-0.25, -0.2) is 9.97 Å². The van der Waals surface area contributed by atoms with Gasteiger partial charge in [0, 0.05) is 69.4 Å². The maximum atomic E-state index is 5.39. The van der Waals surface area contributed by atoms with Crippen LogP contribution in [0.3, 0.4) is 0 Å². The Balaban J connectivity index is 0.00000116. The van der Waals surface area contributed by atoms with Crippen molar-refractivity contribution >= 4 is 68.6 Å².